The van der Waals surface area contributed by atoms with Gasteiger partial charge in [-0.3, -0.25) is 4.79 Å². The normalized spacial score (nSPS) is 21.2. The minimum absolute atomic E-state index is 0.0654. The first kappa shape index (κ1) is 19.3. The Morgan fingerprint density at radius 3 is 2.45 bits per heavy atom. The van der Waals surface area contributed by atoms with Crippen LogP contribution in [-0.2, 0) is 14.6 Å². The number of amides is 3. The molecule has 29 heavy (non-hydrogen) atoms. The van der Waals surface area contributed by atoms with Crippen LogP contribution in [0.15, 0.2) is 31.0 Å². The Hall–Kier alpha value is -3.02. The molecule has 12 heteroatoms. The Morgan fingerprint density at radius 2 is 1.86 bits per heavy atom. The van der Waals surface area contributed by atoms with E-state index < -0.39 is 15.8 Å². The lowest BCUT2D eigenvalue weighted by molar-refractivity contribution is -0.136. The summed E-state index contributed by atoms with van der Waals surface area (Å²) >= 11 is 0. The van der Waals surface area contributed by atoms with Gasteiger partial charge in [0.1, 0.15) is 12.7 Å². The van der Waals surface area contributed by atoms with E-state index in [-0.39, 0.29) is 23.4 Å². The molecular weight excluding hydrogens is 398 g/mol. The van der Waals surface area contributed by atoms with Crippen LogP contribution >= 0.6 is 0 Å². The van der Waals surface area contributed by atoms with Crippen LogP contribution in [0.5, 0.6) is 0 Å². The Bertz CT molecular complexity index is 983. The third-order valence-electron chi connectivity index (χ3n) is 5.11. The van der Waals surface area contributed by atoms with Crippen LogP contribution in [0.1, 0.15) is 6.42 Å². The molecule has 0 bridgehead atoms. The van der Waals surface area contributed by atoms with E-state index in [1.165, 1.54) is 23.5 Å². The zero-order chi connectivity index (χ0) is 20.4. The van der Waals surface area contributed by atoms with Crippen LogP contribution in [0, 0.1) is 5.92 Å². The van der Waals surface area contributed by atoms with Crippen molar-refractivity contribution in [2.75, 3.05) is 43.0 Å². The van der Waals surface area contributed by atoms with Gasteiger partial charge in [0.15, 0.2) is 15.7 Å². The molecule has 1 atom stereocenters. The van der Waals surface area contributed by atoms with E-state index in [0.717, 1.165) is 0 Å². The van der Waals surface area contributed by atoms with Gasteiger partial charge in [-0.25, -0.2) is 27.9 Å². The van der Waals surface area contributed by atoms with Gasteiger partial charge in [-0.2, -0.15) is 5.10 Å². The highest BCUT2D eigenvalue weighted by Gasteiger charge is 2.36. The smallest absolute Gasteiger partial charge is 0.322 e. The minimum atomic E-state index is -3.09. The van der Waals surface area contributed by atoms with Gasteiger partial charge in [0, 0.05) is 26.2 Å². The molecule has 11 nitrogen and oxygen atoms in total. The van der Waals surface area contributed by atoms with E-state index in [0.29, 0.717) is 44.1 Å². The molecule has 2 aromatic heterocycles. The topological polar surface area (TPSA) is 130 Å². The summed E-state index contributed by atoms with van der Waals surface area (Å²) in [4.78, 5) is 36.4. The van der Waals surface area contributed by atoms with Crippen LogP contribution < -0.4 is 5.32 Å². The highest BCUT2D eigenvalue weighted by atomic mass is 32.2. The highest BCUT2D eigenvalue weighted by molar-refractivity contribution is 7.91. The zero-order valence-electron chi connectivity index (χ0n) is 15.6. The van der Waals surface area contributed by atoms with Gasteiger partial charge < -0.3 is 15.1 Å². The molecule has 154 valence electrons. The fraction of sp³-hybridized carbons (Fsp3) is 0.471. The summed E-state index contributed by atoms with van der Waals surface area (Å²) in [6, 6.07) is 3.18. The van der Waals surface area contributed by atoms with Gasteiger partial charge in [-0.1, -0.05) is 0 Å². The van der Waals surface area contributed by atoms with E-state index in [9.17, 15) is 18.0 Å². The molecule has 4 rings (SSSR count). The third-order valence-corrected chi connectivity index (χ3v) is 6.88. The summed E-state index contributed by atoms with van der Waals surface area (Å²) in [6.45, 7) is 1.57. The predicted octanol–water partition coefficient (Wildman–Crippen LogP) is -0.227. The van der Waals surface area contributed by atoms with E-state index >= 15 is 0 Å². The fourth-order valence-corrected chi connectivity index (χ4v) is 5.24. The quantitative estimate of drug-likeness (QED) is 0.727. The summed E-state index contributed by atoms with van der Waals surface area (Å²) in [7, 11) is -3.09. The molecule has 0 unspecified atom stereocenters. The molecule has 2 aliphatic rings. The Kier molecular flexibility index (Phi) is 5.18. The molecule has 0 saturated carbocycles. The van der Waals surface area contributed by atoms with Gasteiger partial charge in [-0.15, -0.1) is 0 Å². The van der Waals surface area contributed by atoms with E-state index in [2.05, 4.69) is 20.4 Å². The summed E-state index contributed by atoms with van der Waals surface area (Å²) < 4.78 is 24.7. The molecule has 2 aromatic rings. The van der Waals surface area contributed by atoms with Crippen molar-refractivity contribution in [2.45, 2.75) is 6.42 Å². The molecule has 1 N–H and O–H groups in total. The number of pyridine rings is 1. The van der Waals surface area contributed by atoms with Crippen LogP contribution in [-0.4, -0.2) is 87.6 Å². The van der Waals surface area contributed by atoms with E-state index in [1.807, 2.05) is 0 Å². The average molecular weight is 419 g/mol. The molecule has 4 heterocycles. The Morgan fingerprint density at radius 1 is 1.10 bits per heavy atom. The first-order valence-electron chi connectivity index (χ1n) is 9.27. The zero-order valence-corrected chi connectivity index (χ0v) is 16.5. The molecule has 0 radical (unpaired) electrons. The van der Waals surface area contributed by atoms with Crippen molar-refractivity contribution in [3.63, 3.8) is 0 Å². The SMILES string of the molecule is O=C(Nc1ccc(-n2cncn2)nc1)N1CCN(C(=O)[C@@H]2CCS(=O)(=O)C2)CC1. The summed E-state index contributed by atoms with van der Waals surface area (Å²) in [5.74, 6) is 0.0233. The second-order valence-electron chi connectivity index (χ2n) is 7.09. The van der Waals surface area contributed by atoms with Gasteiger partial charge in [0.2, 0.25) is 5.91 Å². The lowest BCUT2D eigenvalue weighted by atomic mass is 10.1. The molecule has 2 saturated heterocycles. The second kappa shape index (κ2) is 7.78. The monoisotopic (exact) mass is 419 g/mol. The second-order valence-corrected chi connectivity index (χ2v) is 9.32. The van der Waals surface area contributed by atoms with Crippen molar-refractivity contribution in [3.05, 3.63) is 31.0 Å². The first-order valence-corrected chi connectivity index (χ1v) is 11.1. The number of rotatable bonds is 3. The van der Waals surface area contributed by atoms with Crippen LogP contribution in [0.2, 0.25) is 0 Å². The number of anilines is 1. The fourth-order valence-electron chi connectivity index (χ4n) is 3.50. The number of urea groups is 1. The van der Waals surface area contributed by atoms with Gasteiger partial charge >= 0.3 is 6.03 Å². The van der Waals surface area contributed by atoms with Crippen molar-refractivity contribution in [1.29, 1.82) is 0 Å². The summed E-state index contributed by atoms with van der Waals surface area (Å²) in [5, 5.41) is 6.78. The molecule has 0 aromatic carbocycles. The third kappa shape index (κ3) is 4.36. The van der Waals surface area contributed by atoms with Crippen LogP contribution in [0.3, 0.4) is 0 Å². The average Bonchev–Trinajstić information content (AvgIpc) is 3.38. The number of aromatic nitrogens is 4. The van der Waals surface area contributed by atoms with Gasteiger partial charge in [0.05, 0.1) is 29.3 Å². The standard InChI is InChI=1S/C17H21N7O4S/c25-16(13-3-8-29(27,28)10-13)22-4-6-23(7-5-22)17(26)21-14-1-2-15(19-9-14)24-12-18-11-20-24/h1-2,9,11-13H,3-8,10H2,(H,21,26)/t13-/m1/s1. The Balaban J connectivity index is 1.28. The molecule has 0 aliphatic carbocycles. The molecular formula is C17H21N7O4S. The minimum Gasteiger partial charge on any atom is -0.339 e. The maximum Gasteiger partial charge on any atom is 0.322 e. The predicted molar refractivity (Wildman–Crippen MR) is 103 cm³/mol. The number of carbonyl (C=O) groups is 2. The molecule has 3 amide bonds. The van der Waals surface area contributed by atoms with Crippen molar-refractivity contribution >= 4 is 27.5 Å². The number of nitrogens with zero attached hydrogens (tertiary/aromatic N) is 6. The summed E-state index contributed by atoms with van der Waals surface area (Å²) in [5.41, 5.74) is 0.550. The maximum absolute atomic E-state index is 12.5. The number of hydrogen-bond acceptors (Lipinski definition) is 7. The first-order chi connectivity index (χ1) is 13.9. The van der Waals surface area contributed by atoms with Crippen molar-refractivity contribution < 1.29 is 18.0 Å². The number of piperazine rings is 1. The molecule has 2 aliphatic heterocycles. The van der Waals surface area contributed by atoms with Gasteiger partial charge in [0.25, 0.3) is 0 Å². The molecule has 0 spiro atoms. The Labute approximate surface area is 167 Å². The van der Waals surface area contributed by atoms with Crippen LogP contribution in [0.4, 0.5) is 10.5 Å². The summed E-state index contributed by atoms with van der Waals surface area (Å²) in [6.07, 6.45) is 4.87. The lowest BCUT2D eigenvalue weighted by Gasteiger charge is -2.35. The lowest BCUT2D eigenvalue weighted by Crippen LogP contribution is -2.53. The van der Waals surface area contributed by atoms with Crippen LogP contribution in [0.25, 0.3) is 5.82 Å². The molecule has 2 fully saturated rings. The maximum atomic E-state index is 12.5. The number of nitrogens with one attached hydrogen (secondary N) is 1. The van der Waals surface area contributed by atoms with Crippen molar-refractivity contribution in [1.82, 2.24) is 29.5 Å². The number of carbonyl (C=O) groups excluding carboxylic acids is 2. The van der Waals surface area contributed by atoms with E-state index in [1.54, 1.807) is 21.9 Å². The number of sulfone groups is 1. The van der Waals surface area contributed by atoms with E-state index in [4.69, 9.17) is 0 Å². The highest BCUT2D eigenvalue weighted by Crippen LogP contribution is 2.21. The number of hydrogen-bond donors (Lipinski definition) is 1. The van der Waals surface area contributed by atoms with Crippen molar-refractivity contribution in [2.24, 2.45) is 5.92 Å². The van der Waals surface area contributed by atoms with Crippen molar-refractivity contribution in [3.8, 4) is 5.82 Å². The largest absolute Gasteiger partial charge is 0.339 e. The van der Waals surface area contributed by atoms with Gasteiger partial charge in [-0.05, 0) is 18.6 Å².